The highest BCUT2D eigenvalue weighted by atomic mass is 16.5. The Balaban J connectivity index is 2.00. The topological polar surface area (TPSA) is 58.6 Å². The molecule has 4 heteroatoms. The monoisotopic (exact) mass is 249 g/mol. The van der Waals surface area contributed by atoms with Gasteiger partial charge in [0.05, 0.1) is 6.10 Å². The first-order valence-corrected chi connectivity index (χ1v) is 6.23. The lowest BCUT2D eigenvalue weighted by Gasteiger charge is -2.14. The smallest absolute Gasteiger partial charge is 0.251 e. The van der Waals surface area contributed by atoms with Crippen molar-refractivity contribution in [2.45, 2.75) is 38.3 Å². The lowest BCUT2D eigenvalue weighted by Crippen LogP contribution is -2.33. The lowest BCUT2D eigenvalue weighted by atomic mass is 10.1. The number of phenols is 1. The molecule has 0 aromatic heterocycles. The molecule has 0 spiro atoms. The van der Waals surface area contributed by atoms with Gasteiger partial charge in [0.2, 0.25) is 0 Å². The third kappa shape index (κ3) is 2.82. The number of hydrogen-bond acceptors (Lipinski definition) is 3. The summed E-state index contributed by atoms with van der Waals surface area (Å²) in [6, 6.07) is 4.98. The van der Waals surface area contributed by atoms with E-state index >= 15 is 0 Å². The van der Waals surface area contributed by atoms with E-state index in [1.807, 2.05) is 6.92 Å². The quantitative estimate of drug-likeness (QED) is 0.861. The first-order valence-electron chi connectivity index (χ1n) is 6.23. The van der Waals surface area contributed by atoms with Crippen molar-refractivity contribution in [2.24, 2.45) is 0 Å². The van der Waals surface area contributed by atoms with Crippen molar-refractivity contribution in [1.82, 2.24) is 5.32 Å². The Morgan fingerprint density at radius 1 is 1.44 bits per heavy atom. The molecule has 1 aliphatic rings. The SMILES string of the molecule is COC1CCC(NC(=O)c2ccc(O)cc2C)C1. The average Bonchev–Trinajstić information content (AvgIpc) is 2.76. The van der Waals surface area contributed by atoms with Crippen LogP contribution in [0.1, 0.15) is 35.2 Å². The predicted molar refractivity (Wildman–Crippen MR) is 68.7 cm³/mol. The molecule has 0 radical (unpaired) electrons. The second-order valence-corrected chi connectivity index (χ2v) is 4.84. The summed E-state index contributed by atoms with van der Waals surface area (Å²) < 4.78 is 5.28. The largest absolute Gasteiger partial charge is 0.508 e. The van der Waals surface area contributed by atoms with Crippen LogP contribution in [-0.4, -0.2) is 30.3 Å². The summed E-state index contributed by atoms with van der Waals surface area (Å²) in [6.45, 7) is 1.82. The molecule has 1 aliphatic carbocycles. The Bertz CT molecular complexity index is 445. The van der Waals surface area contributed by atoms with Crippen molar-refractivity contribution < 1.29 is 14.6 Å². The second-order valence-electron chi connectivity index (χ2n) is 4.84. The molecule has 1 aromatic carbocycles. The summed E-state index contributed by atoms with van der Waals surface area (Å²) in [5.41, 5.74) is 1.41. The molecule has 98 valence electrons. The number of amides is 1. The second kappa shape index (κ2) is 5.40. The molecule has 2 rings (SSSR count). The van der Waals surface area contributed by atoms with Crippen LogP contribution in [0.3, 0.4) is 0 Å². The zero-order chi connectivity index (χ0) is 13.1. The first kappa shape index (κ1) is 12.9. The summed E-state index contributed by atoms with van der Waals surface area (Å²) in [7, 11) is 1.71. The maximum absolute atomic E-state index is 12.1. The maximum Gasteiger partial charge on any atom is 0.251 e. The van der Waals surface area contributed by atoms with Crippen LogP contribution in [0.2, 0.25) is 0 Å². The standard InChI is InChI=1S/C14H19NO3/c1-9-7-11(16)4-6-13(9)14(17)15-10-3-5-12(8-10)18-2/h4,6-7,10,12,16H,3,5,8H2,1-2H3,(H,15,17). The van der Waals surface area contributed by atoms with Crippen LogP contribution in [0, 0.1) is 6.92 Å². The van der Waals surface area contributed by atoms with Crippen molar-refractivity contribution in [3.8, 4) is 5.75 Å². The highest BCUT2D eigenvalue weighted by Gasteiger charge is 2.26. The highest BCUT2D eigenvalue weighted by molar-refractivity contribution is 5.96. The Kier molecular flexibility index (Phi) is 3.87. The van der Waals surface area contributed by atoms with Gasteiger partial charge >= 0.3 is 0 Å². The fourth-order valence-corrected chi connectivity index (χ4v) is 2.45. The molecular formula is C14H19NO3. The van der Waals surface area contributed by atoms with Crippen LogP contribution in [0.15, 0.2) is 18.2 Å². The van der Waals surface area contributed by atoms with Crippen LogP contribution >= 0.6 is 0 Å². The maximum atomic E-state index is 12.1. The number of phenolic OH excluding ortho intramolecular Hbond substituents is 1. The van der Waals surface area contributed by atoms with Gasteiger partial charge in [-0.3, -0.25) is 4.79 Å². The molecule has 1 amide bonds. The number of rotatable bonds is 3. The first-order chi connectivity index (χ1) is 8.60. The summed E-state index contributed by atoms with van der Waals surface area (Å²) in [5.74, 6) is 0.110. The molecule has 1 aromatic rings. The number of aromatic hydroxyl groups is 1. The van der Waals surface area contributed by atoms with Gasteiger partial charge in [-0.1, -0.05) is 0 Å². The van der Waals surface area contributed by atoms with Gasteiger partial charge < -0.3 is 15.2 Å². The van der Waals surface area contributed by atoms with Gasteiger partial charge in [0.1, 0.15) is 5.75 Å². The summed E-state index contributed by atoms with van der Waals surface area (Å²) >= 11 is 0. The number of carbonyl (C=O) groups excluding carboxylic acids is 1. The molecule has 1 fully saturated rings. The zero-order valence-electron chi connectivity index (χ0n) is 10.8. The Morgan fingerprint density at radius 2 is 2.22 bits per heavy atom. The van der Waals surface area contributed by atoms with Crippen LogP contribution in [0.4, 0.5) is 0 Å². The van der Waals surface area contributed by atoms with E-state index < -0.39 is 0 Å². The average molecular weight is 249 g/mol. The van der Waals surface area contributed by atoms with Crippen molar-refractivity contribution in [1.29, 1.82) is 0 Å². The van der Waals surface area contributed by atoms with Crippen molar-refractivity contribution in [3.63, 3.8) is 0 Å². The normalized spacial score (nSPS) is 23.0. The number of ether oxygens (including phenoxy) is 1. The molecule has 0 bridgehead atoms. The molecule has 1 saturated carbocycles. The van der Waals surface area contributed by atoms with Crippen molar-refractivity contribution >= 4 is 5.91 Å². The van der Waals surface area contributed by atoms with E-state index in [0.29, 0.717) is 5.56 Å². The summed E-state index contributed by atoms with van der Waals surface area (Å²) in [6.07, 6.45) is 3.09. The predicted octanol–water partition coefficient (Wildman–Crippen LogP) is 2.00. The van der Waals surface area contributed by atoms with Crippen LogP contribution in [-0.2, 0) is 4.74 Å². The molecule has 0 heterocycles. The molecule has 0 saturated heterocycles. The fourth-order valence-electron chi connectivity index (χ4n) is 2.45. The van der Waals surface area contributed by atoms with Gasteiger partial charge in [-0.05, 0) is 49.9 Å². The number of methoxy groups -OCH3 is 1. The van der Waals surface area contributed by atoms with E-state index in [1.54, 1.807) is 19.2 Å². The Morgan fingerprint density at radius 3 is 2.83 bits per heavy atom. The third-order valence-electron chi connectivity index (χ3n) is 3.51. The van der Waals surface area contributed by atoms with E-state index in [0.717, 1.165) is 24.8 Å². The molecule has 4 nitrogen and oxygen atoms in total. The van der Waals surface area contributed by atoms with Crippen molar-refractivity contribution in [2.75, 3.05) is 7.11 Å². The fraction of sp³-hybridized carbons (Fsp3) is 0.500. The van der Waals surface area contributed by atoms with Gasteiger partial charge in [0.15, 0.2) is 0 Å². The van der Waals surface area contributed by atoms with Gasteiger partial charge in [-0.15, -0.1) is 0 Å². The van der Waals surface area contributed by atoms with Crippen LogP contribution in [0.5, 0.6) is 5.75 Å². The number of carbonyl (C=O) groups is 1. The molecule has 2 N–H and O–H groups in total. The van der Waals surface area contributed by atoms with Gasteiger partial charge in [-0.2, -0.15) is 0 Å². The number of hydrogen-bond donors (Lipinski definition) is 2. The van der Waals surface area contributed by atoms with E-state index in [2.05, 4.69) is 5.32 Å². The molecular weight excluding hydrogens is 230 g/mol. The van der Waals surface area contributed by atoms with Crippen LogP contribution in [0.25, 0.3) is 0 Å². The van der Waals surface area contributed by atoms with E-state index in [4.69, 9.17) is 4.74 Å². The highest BCUT2D eigenvalue weighted by Crippen LogP contribution is 2.22. The lowest BCUT2D eigenvalue weighted by molar-refractivity contribution is 0.0914. The summed E-state index contributed by atoms with van der Waals surface area (Å²) in [4.78, 5) is 12.1. The number of aryl methyl sites for hydroxylation is 1. The third-order valence-corrected chi connectivity index (χ3v) is 3.51. The molecule has 0 aliphatic heterocycles. The minimum Gasteiger partial charge on any atom is -0.508 e. The van der Waals surface area contributed by atoms with Gasteiger partial charge in [0.25, 0.3) is 5.91 Å². The van der Waals surface area contributed by atoms with Gasteiger partial charge in [0, 0.05) is 18.7 Å². The Labute approximate surface area is 107 Å². The zero-order valence-corrected chi connectivity index (χ0v) is 10.8. The number of benzene rings is 1. The van der Waals surface area contributed by atoms with E-state index in [9.17, 15) is 9.90 Å². The van der Waals surface area contributed by atoms with Gasteiger partial charge in [-0.25, -0.2) is 0 Å². The number of nitrogens with one attached hydrogen (secondary N) is 1. The minimum absolute atomic E-state index is 0.0748. The van der Waals surface area contributed by atoms with E-state index in [-0.39, 0.29) is 23.8 Å². The van der Waals surface area contributed by atoms with E-state index in [1.165, 1.54) is 6.07 Å². The van der Waals surface area contributed by atoms with Crippen LogP contribution < -0.4 is 5.32 Å². The molecule has 2 atom stereocenters. The molecule has 18 heavy (non-hydrogen) atoms. The van der Waals surface area contributed by atoms with Crippen molar-refractivity contribution in [3.05, 3.63) is 29.3 Å². The molecule has 2 unspecified atom stereocenters. The summed E-state index contributed by atoms with van der Waals surface area (Å²) in [5, 5.41) is 12.3. The Hall–Kier alpha value is -1.55. The minimum atomic E-state index is -0.0748.